The SMILES string of the molecule is Br.O=C(CSc1nnc(Sc2nc3ccccc3[nH]2)o1)c1ccc(Cl)cc1. The Morgan fingerprint density at radius 2 is 1.81 bits per heavy atom. The largest absolute Gasteiger partial charge is 0.406 e. The number of aromatic amines is 1. The van der Waals surface area contributed by atoms with Gasteiger partial charge >= 0.3 is 0 Å². The van der Waals surface area contributed by atoms with Gasteiger partial charge < -0.3 is 9.40 Å². The molecule has 2 aromatic carbocycles. The Kier molecular flexibility index (Phi) is 6.59. The van der Waals surface area contributed by atoms with Crippen molar-refractivity contribution in [2.24, 2.45) is 0 Å². The zero-order chi connectivity index (χ0) is 17.9. The number of para-hydroxylation sites is 2. The molecule has 0 radical (unpaired) electrons. The average molecular weight is 484 g/mol. The minimum atomic E-state index is -0.0312. The van der Waals surface area contributed by atoms with E-state index in [1.54, 1.807) is 24.3 Å². The Balaban J connectivity index is 0.00000210. The number of rotatable bonds is 6. The van der Waals surface area contributed by atoms with Gasteiger partial charge in [0.15, 0.2) is 10.9 Å². The molecule has 6 nitrogen and oxygen atoms in total. The number of nitrogens with one attached hydrogen (secondary N) is 1. The maximum absolute atomic E-state index is 12.2. The molecule has 1 N–H and O–H groups in total. The summed E-state index contributed by atoms with van der Waals surface area (Å²) in [4.78, 5) is 19.8. The molecule has 0 bridgehead atoms. The fourth-order valence-electron chi connectivity index (χ4n) is 2.20. The Morgan fingerprint density at radius 1 is 1.07 bits per heavy atom. The van der Waals surface area contributed by atoms with Crippen molar-refractivity contribution in [3.8, 4) is 0 Å². The first kappa shape index (κ1) is 19.9. The number of nitrogens with zero attached hydrogens (tertiary/aromatic N) is 3. The zero-order valence-corrected chi connectivity index (χ0v) is 17.7. The van der Waals surface area contributed by atoms with Crippen LogP contribution in [-0.4, -0.2) is 31.7 Å². The minimum absolute atomic E-state index is 0. The van der Waals surface area contributed by atoms with Crippen LogP contribution in [0.25, 0.3) is 11.0 Å². The fraction of sp³-hybridized carbons (Fsp3) is 0.0588. The number of carbonyl (C=O) groups is 1. The zero-order valence-electron chi connectivity index (χ0n) is 13.6. The molecule has 0 atom stereocenters. The number of thioether (sulfide) groups is 1. The lowest BCUT2D eigenvalue weighted by atomic mass is 10.1. The lowest BCUT2D eigenvalue weighted by molar-refractivity contribution is 0.102. The second-order valence-corrected chi connectivity index (χ2v) is 7.52. The summed E-state index contributed by atoms with van der Waals surface area (Å²) in [5.41, 5.74) is 2.41. The molecule has 138 valence electrons. The molecule has 2 heterocycles. The van der Waals surface area contributed by atoms with E-state index < -0.39 is 0 Å². The third-order valence-corrected chi connectivity index (χ3v) is 5.23. The summed E-state index contributed by atoms with van der Waals surface area (Å²) >= 11 is 8.27. The van der Waals surface area contributed by atoms with Crippen molar-refractivity contribution < 1.29 is 9.21 Å². The second-order valence-electron chi connectivity index (χ2n) is 5.21. The summed E-state index contributed by atoms with van der Waals surface area (Å²) in [5.74, 6) is 0.176. The standard InChI is InChI=1S/C17H11ClN4O2S2.BrH/c18-11-7-5-10(6-8-11)14(23)9-25-16-21-22-17(24-16)26-15-19-12-3-1-2-4-13(12)20-15;/h1-8H,9H2,(H,19,20);1H. The van der Waals surface area contributed by atoms with Crippen LogP contribution in [-0.2, 0) is 0 Å². The van der Waals surface area contributed by atoms with Crippen LogP contribution in [0.5, 0.6) is 0 Å². The van der Waals surface area contributed by atoms with E-state index in [1.165, 1.54) is 23.5 Å². The molecule has 27 heavy (non-hydrogen) atoms. The molecule has 0 saturated heterocycles. The molecule has 0 amide bonds. The number of hydrogen-bond donors (Lipinski definition) is 1. The molecule has 0 spiro atoms. The Labute approximate surface area is 178 Å². The number of imidazole rings is 1. The van der Waals surface area contributed by atoms with Gasteiger partial charge in [0, 0.05) is 22.3 Å². The maximum Gasteiger partial charge on any atom is 0.285 e. The number of halogens is 2. The summed E-state index contributed by atoms with van der Waals surface area (Å²) in [5, 5.41) is 9.91. The number of Topliss-reactive ketones (excluding diaryl/α,β-unsaturated/α-hetero) is 1. The summed E-state index contributed by atoms with van der Waals surface area (Å²) in [6.45, 7) is 0. The number of hydrogen-bond acceptors (Lipinski definition) is 7. The molecule has 0 fully saturated rings. The molecular formula is C17H12BrClN4O2S2. The third-order valence-electron chi connectivity index (χ3n) is 3.43. The van der Waals surface area contributed by atoms with E-state index in [1.807, 2.05) is 24.3 Å². The van der Waals surface area contributed by atoms with Crippen LogP contribution in [0, 0.1) is 0 Å². The van der Waals surface area contributed by atoms with Gasteiger partial charge in [-0.2, -0.15) is 0 Å². The van der Waals surface area contributed by atoms with E-state index >= 15 is 0 Å². The van der Waals surface area contributed by atoms with Crippen LogP contribution in [0.2, 0.25) is 5.02 Å². The number of fused-ring (bicyclic) bond motifs is 1. The molecule has 0 aliphatic rings. The van der Waals surface area contributed by atoms with Gasteiger partial charge in [0.1, 0.15) is 0 Å². The van der Waals surface area contributed by atoms with Crippen LogP contribution in [0.15, 0.2) is 68.6 Å². The van der Waals surface area contributed by atoms with Crippen molar-refractivity contribution in [3.63, 3.8) is 0 Å². The average Bonchev–Trinajstić information content (AvgIpc) is 3.26. The van der Waals surface area contributed by atoms with E-state index in [4.69, 9.17) is 16.0 Å². The fourth-order valence-corrected chi connectivity index (χ4v) is 3.71. The molecule has 0 unspecified atom stereocenters. The van der Waals surface area contributed by atoms with Crippen molar-refractivity contribution >= 4 is 68.9 Å². The second kappa shape index (κ2) is 8.92. The highest BCUT2D eigenvalue weighted by atomic mass is 79.9. The van der Waals surface area contributed by atoms with Crippen LogP contribution in [0.1, 0.15) is 10.4 Å². The van der Waals surface area contributed by atoms with E-state index in [2.05, 4.69) is 20.2 Å². The Morgan fingerprint density at radius 3 is 2.59 bits per heavy atom. The van der Waals surface area contributed by atoms with Gasteiger partial charge in [0.05, 0.1) is 16.8 Å². The number of H-pyrrole nitrogens is 1. The quantitative estimate of drug-likeness (QED) is 0.294. The normalized spacial score (nSPS) is 10.7. The van der Waals surface area contributed by atoms with Gasteiger partial charge in [-0.25, -0.2) is 4.98 Å². The molecule has 10 heteroatoms. The number of benzene rings is 2. The molecule has 2 aromatic heterocycles. The highest BCUT2D eigenvalue weighted by molar-refractivity contribution is 8.93. The van der Waals surface area contributed by atoms with E-state index in [0.29, 0.717) is 26.2 Å². The van der Waals surface area contributed by atoms with Gasteiger partial charge in [-0.1, -0.05) is 40.6 Å². The van der Waals surface area contributed by atoms with Crippen LogP contribution >= 0.6 is 52.1 Å². The lowest BCUT2D eigenvalue weighted by Gasteiger charge is -1.98. The van der Waals surface area contributed by atoms with Crippen LogP contribution in [0.3, 0.4) is 0 Å². The number of ketones is 1. The lowest BCUT2D eigenvalue weighted by Crippen LogP contribution is -2.01. The van der Waals surface area contributed by atoms with Crippen molar-refractivity contribution in [1.82, 2.24) is 20.2 Å². The highest BCUT2D eigenvalue weighted by Gasteiger charge is 2.13. The van der Waals surface area contributed by atoms with Crippen molar-refractivity contribution in [2.75, 3.05) is 5.75 Å². The molecule has 0 saturated carbocycles. The third kappa shape index (κ3) is 4.92. The van der Waals surface area contributed by atoms with Gasteiger partial charge in [-0.05, 0) is 36.4 Å². The molecule has 0 aliphatic carbocycles. The van der Waals surface area contributed by atoms with Crippen molar-refractivity contribution in [3.05, 3.63) is 59.1 Å². The van der Waals surface area contributed by atoms with E-state index in [9.17, 15) is 4.79 Å². The van der Waals surface area contributed by atoms with Crippen LogP contribution in [0.4, 0.5) is 0 Å². The Bertz CT molecular complexity index is 1040. The van der Waals surface area contributed by atoms with Gasteiger partial charge in [0.2, 0.25) is 0 Å². The monoisotopic (exact) mass is 482 g/mol. The van der Waals surface area contributed by atoms with E-state index in [-0.39, 0.29) is 28.5 Å². The smallest absolute Gasteiger partial charge is 0.285 e. The summed E-state index contributed by atoms with van der Waals surface area (Å²) in [6.07, 6.45) is 0. The number of aromatic nitrogens is 4. The first-order valence-electron chi connectivity index (χ1n) is 7.55. The van der Waals surface area contributed by atoms with Crippen molar-refractivity contribution in [2.45, 2.75) is 15.6 Å². The number of carbonyl (C=O) groups excluding carboxylic acids is 1. The predicted molar refractivity (Wildman–Crippen MR) is 111 cm³/mol. The molecular weight excluding hydrogens is 472 g/mol. The van der Waals surface area contributed by atoms with Gasteiger partial charge in [-0.3, -0.25) is 4.79 Å². The molecule has 0 aliphatic heterocycles. The summed E-state index contributed by atoms with van der Waals surface area (Å²) < 4.78 is 5.56. The maximum atomic E-state index is 12.2. The first-order valence-corrected chi connectivity index (χ1v) is 9.73. The van der Waals surface area contributed by atoms with Crippen LogP contribution < -0.4 is 0 Å². The topological polar surface area (TPSA) is 84.7 Å². The first-order chi connectivity index (χ1) is 12.7. The molecule has 4 aromatic rings. The minimum Gasteiger partial charge on any atom is -0.406 e. The van der Waals surface area contributed by atoms with Crippen molar-refractivity contribution in [1.29, 1.82) is 0 Å². The summed E-state index contributed by atoms with van der Waals surface area (Å²) in [7, 11) is 0. The van der Waals surface area contributed by atoms with Gasteiger partial charge in [-0.15, -0.1) is 22.1 Å². The molecule has 4 rings (SSSR count). The summed E-state index contributed by atoms with van der Waals surface area (Å²) in [6, 6.07) is 14.5. The predicted octanol–water partition coefficient (Wildman–Crippen LogP) is 5.30. The Hall–Kier alpha value is -1.81. The van der Waals surface area contributed by atoms with Gasteiger partial charge in [0.25, 0.3) is 10.4 Å². The highest BCUT2D eigenvalue weighted by Crippen LogP contribution is 2.28. The van der Waals surface area contributed by atoms with E-state index in [0.717, 1.165) is 11.0 Å².